The molecule has 0 bridgehead atoms. The summed E-state index contributed by atoms with van der Waals surface area (Å²) >= 11 is 0. The Hall–Kier alpha value is -0.590. The first-order valence-corrected chi connectivity index (χ1v) is 6.99. The SMILES string of the molecule is CCCCCC(C#N)CCOC1CCCCO1. The van der Waals surface area contributed by atoms with E-state index in [-0.39, 0.29) is 12.2 Å². The van der Waals surface area contributed by atoms with Gasteiger partial charge in [-0.2, -0.15) is 5.26 Å². The number of nitriles is 1. The molecule has 1 rings (SSSR count). The number of unbranched alkanes of at least 4 members (excludes halogenated alkanes) is 2. The lowest BCUT2D eigenvalue weighted by atomic mass is 10.00. The molecule has 0 aromatic carbocycles. The molecule has 1 heterocycles. The Morgan fingerprint density at radius 1 is 1.35 bits per heavy atom. The molecule has 0 spiro atoms. The second-order valence-electron chi connectivity index (χ2n) is 4.78. The van der Waals surface area contributed by atoms with Crippen molar-refractivity contribution < 1.29 is 9.47 Å². The molecule has 1 fully saturated rings. The van der Waals surface area contributed by atoms with Gasteiger partial charge in [0, 0.05) is 12.5 Å². The summed E-state index contributed by atoms with van der Waals surface area (Å²) in [6, 6.07) is 2.38. The number of hydrogen-bond acceptors (Lipinski definition) is 3. The van der Waals surface area contributed by atoms with Crippen molar-refractivity contribution >= 4 is 0 Å². The van der Waals surface area contributed by atoms with Crippen LogP contribution >= 0.6 is 0 Å². The lowest BCUT2D eigenvalue weighted by Gasteiger charge is -2.23. The molecule has 3 heteroatoms. The Bertz CT molecular complexity index is 219. The van der Waals surface area contributed by atoms with Gasteiger partial charge in [-0.05, 0) is 32.1 Å². The lowest BCUT2D eigenvalue weighted by molar-refractivity contribution is -0.163. The average molecular weight is 239 g/mol. The molecule has 2 unspecified atom stereocenters. The minimum Gasteiger partial charge on any atom is -0.353 e. The molecule has 0 N–H and O–H groups in total. The van der Waals surface area contributed by atoms with Crippen LogP contribution in [0.2, 0.25) is 0 Å². The molecule has 0 aromatic rings. The first-order chi connectivity index (χ1) is 8.36. The van der Waals surface area contributed by atoms with Crippen molar-refractivity contribution in [3.05, 3.63) is 0 Å². The fraction of sp³-hybridized carbons (Fsp3) is 0.929. The highest BCUT2D eigenvalue weighted by Gasteiger charge is 2.15. The minimum atomic E-state index is -0.0151. The third-order valence-electron chi connectivity index (χ3n) is 3.25. The number of ether oxygens (including phenoxy) is 2. The third kappa shape index (κ3) is 6.65. The Morgan fingerprint density at radius 2 is 2.24 bits per heavy atom. The fourth-order valence-electron chi connectivity index (χ4n) is 2.10. The van der Waals surface area contributed by atoms with E-state index in [2.05, 4.69) is 13.0 Å². The predicted molar refractivity (Wildman–Crippen MR) is 67.4 cm³/mol. The molecule has 98 valence electrons. The van der Waals surface area contributed by atoms with Gasteiger partial charge < -0.3 is 9.47 Å². The minimum absolute atomic E-state index is 0.0151. The highest BCUT2D eigenvalue weighted by molar-refractivity contribution is 4.82. The molecular formula is C14H25NO2. The summed E-state index contributed by atoms with van der Waals surface area (Å²) < 4.78 is 11.1. The van der Waals surface area contributed by atoms with Crippen molar-refractivity contribution in [1.29, 1.82) is 5.26 Å². The van der Waals surface area contributed by atoms with E-state index in [0.717, 1.165) is 38.7 Å². The largest absolute Gasteiger partial charge is 0.353 e. The Morgan fingerprint density at radius 3 is 2.88 bits per heavy atom. The molecule has 1 aliphatic heterocycles. The van der Waals surface area contributed by atoms with Gasteiger partial charge in [-0.1, -0.05) is 26.2 Å². The van der Waals surface area contributed by atoms with Crippen LogP contribution in [0.4, 0.5) is 0 Å². The van der Waals surface area contributed by atoms with Crippen molar-refractivity contribution in [1.82, 2.24) is 0 Å². The van der Waals surface area contributed by atoms with Crippen molar-refractivity contribution in [2.45, 2.75) is 64.6 Å². The van der Waals surface area contributed by atoms with Crippen LogP contribution in [0.25, 0.3) is 0 Å². The van der Waals surface area contributed by atoms with Gasteiger partial charge in [0.15, 0.2) is 6.29 Å². The molecule has 17 heavy (non-hydrogen) atoms. The Labute approximate surface area is 105 Å². The van der Waals surface area contributed by atoms with Crippen LogP contribution in [0.5, 0.6) is 0 Å². The van der Waals surface area contributed by atoms with Gasteiger partial charge >= 0.3 is 0 Å². The molecule has 0 saturated carbocycles. The summed E-state index contributed by atoms with van der Waals surface area (Å²) in [4.78, 5) is 0. The lowest BCUT2D eigenvalue weighted by Crippen LogP contribution is -2.23. The van der Waals surface area contributed by atoms with Crippen molar-refractivity contribution in [3.63, 3.8) is 0 Å². The zero-order valence-corrected chi connectivity index (χ0v) is 11.0. The summed E-state index contributed by atoms with van der Waals surface area (Å²) in [5.74, 6) is 0.158. The maximum absolute atomic E-state index is 9.03. The highest BCUT2D eigenvalue weighted by Crippen LogP contribution is 2.17. The second kappa shape index (κ2) is 9.44. The molecule has 2 atom stereocenters. The number of hydrogen-bond donors (Lipinski definition) is 0. The average Bonchev–Trinajstić information content (AvgIpc) is 2.38. The van der Waals surface area contributed by atoms with Gasteiger partial charge in [0.2, 0.25) is 0 Å². The zero-order valence-electron chi connectivity index (χ0n) is 11.0. The highest BCUT2D eigenvalue weighted by atomic mass is 16.7. The van der Waals surface area contributed by atoms with E-state index in [1.54, 1.807) is 0 Å². The molecule has 1 saturated heterocycles. The summed E-state index contributed by atoms with van der Waals surface area (Å²) in [5, 5.41) is 9.03. The van der Waals surface area contributed by atoms with Crippen molar-refractivity contribution in [2.24, 2.45) is 5.92 Å². The van der Waals surface area contributed by atoms with Crippen LogP contribution < -0.4 is 0 Å². The molecule has 0 amide bonds. The number of rotatable bonds is 8. The number of nitrogens with zero attached hydrogens (tertiary/aromatic N) is 1. The monoisotopic (exact) mass is 239 g/mol. The van der Waals surface area contributed by atoms with Crippen LogP contribution in [-0.4, -0.2) is 19.5 Å². The quantitative estimate of drug-likeness (QED) is 0.607. The topological polar surface area (TPSA) is 42.2 Å². The van der Waals surface area contributed by atoms with E-state index in [0.29, 0.717) is 6.61 Å². The zero-order chi connectivity index (χ0) is 12.3. The van der Waals surface area contributed by atoms with Gasteiger partial charge in [-0.15, -0.1) is 0 Å². The summed E-state index contributed by atoms with van der Waals surface area (Å²) in [5.41, 5.74) is 0. The third-order valence-corrected chi connectivity index (χ3v) is 3.25. The van der Waals surface area contributed by atoms with Crippen LogP contribution in [0.3, 0.4) is 0 Å². The van der Waals surface area contributed by atoms with Gasteiger partial charge in [-0.25, -0.2) is 0 Å². The fourth-order valence-corrected chi connectivity index (χ4v) is 2.10. The molecule has 0 radical (unpaired) electrons. The summed E-state index contributed by atoms with van der Waals surface area (Å²) in [7, 11) is 0. The van der Waals surface area contributed by atoms with E-state index >= 15 is 0 Å². The molecule has 3 nitrogen and oxygen atoms in total. The molecule has 1 aliphatic rings. The van der Waals surface area contributed by atoms with E-state index in [1.807, 2.05) is 0 Å². The van der Waals surface area contributed by atoms with Gasteiger partial charge in [-0.3, -0.25) is 0 Å². The summed E-state index contributed by atoms with van der Waals surface area (Å²) in [6.45, 7) is 3.67. The molecule has 0 aliphatic carbocycles. The molecular weight excluding hydrogens is 214 g/mol. The first-order valence-electron chi connectivity index (χ1n) is 6.99. The first kappa shape index (κ1) is 14.5. The smallest absolute Gasteiger partial charge is 0.157 e. The van der Waals surface area contributed by atoms with E-state index < -0.39 is 0 Å². The second-order valence-corrected chi connectivity index (χ2v) is 4.78. The Kier molecular flexibility index (Phi) is 8.04. The maximum Gasteiger partial charge on any atom is 0.157 e. The van der Waals surface area contributed by atoms with Gasteiger partial charge in [0.1, 0.15) is 0 Å². The summed E-state index contributed by atoms with van der Waals surface area (Å²) in [6.07, 6.45) is 8.80. The standard InChI is InChI=1S/C14H25NO2/c1-2-3-4-7-13(12-15)9-11-17-14-8-5-6-10-16-14/h13-14H,2-11H2,1H3. The molecule has 0 aromatic heterocycles. The van der Waals surface area contributed by atoms with Crippen LogP contribution in [0, 0.1) is 17.2 Å². The van der Waals surface area contributed by atoms with E-state index in [4.69, 9.17) is 14.7 Å². The van der Waals surface area contributed by atoms with Gasteiger partial charge in [0.05, 0.1) is 12.7 Å². The van der Waals surface area contributed by atoms with Crippen molar-refractivity contribution in [2.75, 3.05) is 13.2 Å². The van der Waals surface area contributed by atoms with Crippen LogP contribution in [-0.2, 0) is 9.47 Å². The Balaban J connectivity index is 2.04. The van der Waals surface area contributed by atoms with E-state index in [1.165, 1.54) is 19.3 Å². The van der Waals surface area contributed by atoms with Crippen LogP contribution in [0.1, 0.15) is 58.3 Å². The predicted octanol–water partition coefficient (Wildman–Crippen LogP) is 3.64. The van der Waals surface area contributed by atoms with Crippen LogP contribution in [0.15, 0.2) is 0 Å². The van der Waals surface area contributed by atoms with E-state index in [9.17, 15) is 0 Å². The maximum atomic E-state index is 9.03. The van der Waals surface area contributed by atoms with Crippen molar-refractivity contribution in [3.8, 4) is 6.07 Å². The normalized spacial score (nSPS) is 22.0. The van der Waals surface area contributed by atoms with Gasteiger partial charge in [0.25, 0.3) is 0 Å².